The average Bonchev–Trinajstić information content (AvgIpc) is 3.14. The lowest BCUT2D eigenvalue weighted by Gasteiger charge is -2.13. The molecule has 0 aliphatic heterocycles. The number of nitrogens with one attached hydrogen (secondary N) is 1. The van der Waals surface area contributed by atoms with Crippen LogP contribution in [-0.4, -0.2) is 29.0 Å². The summed E-state index contributed by atoms with van der Waals surface area (Å²) in [6.45, 7) is 2.04. The summed E-state index contributed by atoms with van der Waals surface area (Å²) in [4.78, 5) is 8.76. The zero-order chi connectivity index (χ0) is 22.1. The number of pyridine rings is 1. The van der Waals surface area contributed by atoms with E-state index in [1.807, 2.05) is 13.0 Å². The number of aryl methyl sites for hydroxylation is 1. The number of aromatic hydroxyl groups is 1. The van der Waals surface area contributed by atoms with Gasteiger partial charge < -0.3 is 5.11 Å². The normalized spacial score (nSPS) is 12.2. The molecule has 0 amide bonds. The highest BCUT2D eigenvalue weighted by molar-refractivity contribution is 7.93. The van der Waals surface area contributed by atoms with Gasteiger partial charge in [-0.3, -0.25) is 9.71 Å². The second-order valence-corrected chi connectivity index (χ2v) is 9.16. The van der Waals surface area contributed by atoms with Crippen molar-refractivity contribution in [1.29, 1.82) is 0 Å². The smallest absolute Gasteiger partial charge is 0.506 e. The van der Waals surface area contributed by atoms with Gasteiger partial charge in [-0.05, 0) is 30.7 Å². The van der Waals surface area contributed by atoms with Gasteiger partial charge >= 0.3 is 15.5 Å². The number of hydrogen-bond donors (Lipinski definition) is 2. The second kappa shape index (κ2) is 8.40. The molecule has 0 saturated carbocycles. The minimum Gasteiger partial charge on any atom is -0.506 e. The number of hydrogen-bond acceptors (Lipinski definition) is 6. The first-order chi connectivity index (χ1) is 14.0. The molecule has 2 heterocycles. The Kier molecular flexibility index (Phi) is 6.25. The van der Waals surface area contributed by atoms with Gasteiger partial charge in [-0.1, -0.05) is 24.9 Å². The Morgan fingerprint density at radius 2 is 2.00 bits per heavy atom. The van der Waals surface area contributed by atoms with Crippen molar-refractivity contribution in [3.05, 3.63) is 46.6 Å². The summed E-state index contributed by atoms with van der Waals surface area (Å²) >= 11 is 7.45. The SMILES string of the molecule is CCCc1cc(-c2nc(-c3cc(O)c(NS(=O)(=O)C(F)(F)F)cc3Cl)cs2)ccn1. The highest BCUT2D eigenvalue weighted by Gasteiger charge is 2.46. The van der Waals surface area contributed by atoms with E-state index in [9.17, 15) is 26.7 Å². The van der Waals surface area contributed by atoms with Gasteiger partial charge in [-0.2, -0.15) is 21.6 Å². The van der Waals surface area contributed by atoms with Crippen LogP contribution in [0.4, 0.5) is 18.9 Å². The molecule has 6 nitrogen and oxygen atoms in total. The van der Waals surface area contributed by atoms with Crippen molar-refractivity contribution in [2.24, 2.45) is 0 Å². The fraction of sp³-hybridized carbons (Fsp3) is 0.222. The van der Waals surface area contributed by atoms with Crippen LogP contribution in [0.15, 0.2) is 35.8 Å². The first-order valence-electron chi connectivity index (χ1n) is 8.54. The second-order valence-electron chi connectivity index (χ2n) is 6.22. The number of alkyl halides is 3. The number of phenolic OH excluding ortho intramolecular Hbond substituents is 1. The van der Waals surface area contributed by atoms with E-state index in [1.54, 1.807) is 17.6 Å². The van der Waals surface area contributed by atoms with E-state index in [1.165, 1.54) is 16.1 Å². The van der Waals surface area contributed by atoms with E-state index in [0.717, 1.165) is 36.2 Å². The molecule has 2 N–H and O–H groups in total. The Hall–Kier alpha value is -2.37. The molecule has 0 unspecified atom stereocenters. The highest BCUT2D eigenvalue weighted by atomic mass is 35.5. The topological polar surface area (TPSA) is 92.2 Å². The van der Waals surface area contributed by atoms with Gasteiger partial charge in [0.1, 0.15) is 10.8 Å². The summed E-state index contributed by atoms with van der Waals surface area (Å²) in [5.74, 6) is -0.717. The van der Waals surface area contributed by atoms with Crippen molar-refractivity contribution in [3.63, 3.8) is 0 Å². The van der Waals surface area contributed by atoms with Gasteiger partial charge in [0, 0.05) is 28.4 Å². The standard InChI is InChI=1S/C18H15ClF3N3O3S2/c1-2-3-11-6-10(4-5-23-11)17-24-15(9-29-17)12-7-16(26)14(8-13(12)19)25-30(27,28)18(20,21)22/h4-9,25-26H,2-3H2,1H3. The van der Waals surface area contributed by atoms with Gasteiger partial charge in [-0.15, -0.1) is 11.3 Å². The molecule has 1 aromatic carbocycles. The van der Waals surface area contributed by atoms with E-state index in [4.69, 9.17) is 11.6 Å². The van der Waals surface area contributed by atoms with Crippen LogP contribution in [0.25, 0.3) is 21.8 Å². The molecule has 2 aromatic heterocycles. The third-order valence-corrected chi connectivity index (χ3v) is 6.29. The van der Waals surface area contributed by atoms with Crippen LogP contribution in [0.3, 0.4) is 0 Å². The zero-order valence-corrected chi connectivity index (χ0v) is 17.8. The van der Waals surface area contributed by atoms with Crippen LogP contribution in [0, 0.1) is 0 Å². The average molecular weight is 478 g/mol. The van der Waals surface area contributed by atoms with E-state index >= 15 is 0 Å². The van der Waals surface area contributed by atoms with E-state index < -0.39 is 27.0 Å². The van der Waals surface area contributed by atoms with Crippen molar-refractivity contribution in [1.82, 2.24) is 9.97 Å². The predicted molar refractivity (Wildman–Crippen MR) is 110 cm³/mol. The maximum Gasteiger partial charge on any atom is 0.516 e. The number of anilines is 1. The number of phenols is 1. The minimum atomic E-state index is -5.70. The molecule has 30 heavy (non-hydrogen) atoms. The van der Waals surface area contributed by atoms with Crippen molar-refractivity contribution < 1.29 is 26.7 Å². The molecule has 3 aromatic rings. The maximum atomic E-state index is 12.6. The third-order valence-electron chi connectivity index (χ3n) is 3.98. The monoisotopic (exact) mass is 477 g/mol. The molecular weight excluding hydrogens is 463 g/mol. The molecule has 0 fully saturated rings. The zero-order valence-electron chi connectivity index (χ0n) is 15.4. The molecule has 3 rings (SSSR count). The Morgan fingerprint density at radius 3 is 2.67 bits per heavy atom. The first-order valence-corrected chi connectivity index (χ1v) is 11.3. The van der Waals surface area contributed by atoms with Gasteiger partial charge in [0.2, 0.25) is 0 Å². The summed E-state index contributed by atoms with van der Waals surface area (Å²) in [6, 6.07) is 5.68. The summed E-state index contributed by atoms with van der Waals surface area (Å²) in [6.07, 6.45) is 3.45. The maximum absolute atomic E-state index is 12.6. The Morgan fingerprint density at radius 1 is 1.27 bits per heavy atom. The number of sulfonamides is 1. The molecule has 0 radical (unpaired) electrons. The third kappa shape index (κ3) is 4.68. The number of aromatic nitrogens is 2. The molecule has 0 aliphatic rings. The van der Waals surface area contributed by atoms with Crippen LogP contribution < -0.4 is 4.72 Å². The Bertz CT molecular complexity index is 1180. The summed E-state index contributed by atoms with van der Waals surface area (Å²) in [5.41, 5.74) is -3.82. The molecule has 160 valence electrons. The minimum absolute atomic E-state index is 0.0778. The van der Waals surface area contributed by atoms with Gasteiger partial charge in [0.25, 0.3) is 0 Å². The summed E-state index contributed by atoms with van der Waals surface area (Å²) in [7, 11) is -5.70. The number of rotatable bonds is 6. The lowest BCUT2D eigenvalue weighted by molar-refractivity contribution is -0.0429. The van der Waals surface area contributed by atoms with Crippen molar-refractivity contribution in [3.8, 4) is 27.6 Å². The largest absolute Gasteiger partial charge is 0.516 e. The number of halogens is 4. The quantitative estimate of drug-likeness (QED) is 0.461. The molecule has 0 spiro atoms. The Labute approximate surface area is 179 Å². The van der Waals surface area contributed by atoms with E-state index in [-0.39, 0.29) is 10.6 Å². The molecule has 0 bridgehead atoms. The Balaban J connectivity index is 1.93. The van der Waals surface area contributed by atoms with E-state index in [2.05, 4.69) is 9.97 Å². The number of thiazole rings is 1. The van der Waals surface area contributed by atoms with Crippen LogP contribution in [0.5, 0.6) is 5.75 Å². The lowest BCUT2D eigenvalue weighted by Crippen LogP contribution is -2.29. The van der Waals surface area contributed by atoms with Crippen LogP contribution in [-0.2, 0) is 16.4 Å². The lowest BCUT2D eigenvalue weighted by atomic mass is 10.1. The van der Waals surface area contributed by atoms with Crippen molar-refractivity contribution in [2.45, 2.75) is 25.3 Å². The van der Waals surface area contributed by atoms with E-state index in [0.29, 0.717) is 10.7 Å². The predicted octanol–water partition coefficient (Wildman–Crippen LogP) is 5.45. The molecule has 12 heteroatoms. The van der Waals surface area contributed by atoms with Gasteiger partial charge in [-0.25, -0.2) is 4.98 Å². The van der Waals surface area contributed by atoms with Gasteiger partial charge in [0.15, 0.2) is 0 Å². The molecule has 0 aliphatic carbocycles. The van der Waals surface area contributed by atoms with Crippen LogP contribution in [0.1, 0.15) is 19.0 Å². The highest BCUT2D eigenvalue weighted by Crippen LogP contribution is 2.39. The first kappa shape index (κ1) is 22.3. The summed E-state index contributed by atoms with van der Waals surface area (Å²) in [5, 5.41) is 12.3. The van der Waals surface area contributed by atoms with Crippen LogP contribution in [0.2, 0.25) is 5.02 Å². The molecule has 0 atom stereocenters. The van der Waals surface area contributed by atoms with Crippen molar-refractivity contribution in [2.75, 3.05) is 4.72 Å². The molecular formula is C18H15ClF3N3O3S2. The fourth-order valence-corrected chi connectivity index (χ4v) is 4.22. The summed E-state index contributed by atoms with van der Waals surface area (Å²) < 4.78 is 61.5. The van der Waals surface area contributed by atoms with Crippen molar-refractivity contribution >= 4 is 38.6 Å². The van der Waals surface area contributed by atoms with Gasteiger partial charge in [0.05, 0.1) is 16.4 Å². The number of benzene rings is 1. The van der Waals surface area contributed by atoms with Crippen LogP contribution >= 0.6 is 22.9 Å². The number of nitrogens with zero attached hydrogens (tertiary/aromatic N) is 2. The molecule has 0 saturated heterocycles. The fourth-order valence-electron chi connectivity index (χ4n) is 2.58.